The van der Waals surface area contributed by atoms with Gasteiger partial charge in [-0.05, 0) is 29.8 Å². The molecule has 0 aliphatic rings. The normalized spacial score (nSPS) is 10.2. The Kier molecular flexibility index (Phi) is 4.23. The first kappa shape index (κ1) is 13.2. The molecular formula is C15H12F2O2. The second-order valence-corrected chi connectivity index (χ2v) is 4.00. The maximum atomic E-state index is 13.4. The Labute approximate surface area is 109 Å². The van der Waals surface area contributed by atoms with Gasteiger partial charge in [-0.25, -0.2) is 8.78 Å². The minimum absolute atomic E-state index is 0.0977. The van der Waals surface area contributed by atoms with E-state index in [4.69, 9.17) is 4.74 Å². The fourth-order valence-electron chi connectivity index (χ4n) is 1.64. The van der Waals surface area contributed by atoms with Crippen LogP contribution < -0.4 is 4.74 Å². The van der Waals surface area contributed by atoms with Crippen LogP contribution in [0, 0.1) is 11.6 Å². The van der Waals surface area contributed by atoms with E-state index in [1.54, 1.807) is 24.3 Å². The van der Waals surface area contributed by atoms with E-state index in [1.165, 1.54) is 18.2 Å². The summed E-state index contributed by atoms with van der Waals surface area (Å²) in [6.07, 6.45) is 1.15. The maximum absolute atomic E-state index is 13.4. The molecular weight excluding hydrogens is 250 g/mol. The number of ether oxygens (including phenoxy) is 1. The molecule has 0 atom stereocenters. The zero-order chi connectivity index (χ0) is 13.7. The van der Waals surface area contributed by atoms with Crippen molar-refractivity contribution >= 4 is 6.29 Å². The van der Waals surface area contributed by atoms with Crippen LogP contribution in [-0.4, -0.2) is 6.29 Å². The molecule has 0 spiro atoms. The highest BCUT2D eigenvalue weighted by Crippen LogP contribution is 2.17. The smallest absolute Gasteiger partial charge is 0.132 e. The van der Waals surface area contributed by atoms with Crippen LogP contribution in [0.25, 0.3) is 0 Å². The zero-order valence-corrected chi connectivity index (χ0v) is 10.1. The summed E-state index contributed by atoms with van der Waals surface area (Å²) in [5.74, 6) is -0.757. The molecule has 2 rings (SSSR count). The lowest BCUT2D eigenvalue weighted by atomic mass is 10.1. The first-order chi connectivity index (χ1) is 9.20. The number of hydrogen-bond acceptors (Lipinski definition) is 2. The van der Waals surface area contributed by atoms with Crippen LogP contribution in [0.4, 0.5) is 8.78 Å². The second kappa shape index (κ2) is 6.09. The summed E-state index contributed by atoms with van der Waals surface area (Å²) < 4.78 is 32.0. The SMILES string of the molecule is O=CCc1ccc(OCc2c(F)cccc2F)cc1. The van der Waals surface area contributed by atoms with Gasteiger partial charge >= 0.3 is 0 Å². The molecule has 0 radical (unpaired) electrons. The third kappa shape index (κ3) is 3.37. The molecule has 4 heteroatoms. The number of benzene rings is 2. The van der Waals surface area contributed by atoms with Gasteiger partial charge in [-0.1, -0.05) is 18.2 Å². The second-order valence-electron chi connectivity index (χ2n) is 4.00. The first-order valence-corrected chi connectivity index (χ1v) is 5.79. The summed E-state index contributed by atoms with van der Waals surface area (Å²) in [6.45, 7) is -0.175. The van der Waals surface area contributed by atoms with Crippen molar-refractivity contribution in [2.24, 2.45) is 0 Å². The lowest BCUT2D eigenvalue weighted by Crippen LogP contribution is -2.01. The monoisotopic (exact) mass is 262 g/mol. The highest BCUT2D eigenvalue weighted by Gasteiger charge is 2.08. The Morgan fingerprint density at radius 3 is 2.21 bits per heavy atom. The van der Waals surface area contributed by atoms with Gasteiger partial charge in [0.1, 0.15) is 30.3 Å². The van der Waals surface area contributed by atoms with Gasteiger partial charge in [0, 0.05) is 6.42 Å². The Bertz CT molecular complexity index is 545. The minimum Gasteiger partial charge on any atom is -0.489 e. The first-order valence-electron chi connectivity index (χ1n) is 5.79. The van der Waals surface area contributed by atoms with Gasteiger partial charge in [-0.15, -0.1) is 0 Å². The Balaban J connectivity index is 2.04. The molecule has 2 aromatic carbocycles. The highest BCUT2D eigenvalue weighted by molar-refractivity contribution is 5.55. The lowest BCUT2D eigenvalue weighted by Gasteiger charge is -2.08. The van der Waals surface area contributed by atoms with Crippen LogP contribution in [-0.2, 0) is 17.8 Å². The average molecular weight is 262 g/mol. The van der Waals surface area contributed by atoms with E-state index in [-0.39, 0.29) is 12.2 Å². The number of carbonyl (C=O) groups excluding carboxylic acids is 1. The molecule has 98 valence electrons. The molecule has 0 amide bonds. The Hall–Kier alpha value is -2.23. The maximum Gasteiger partial charge on any atom is 0.132 e. The van der Waals surface area contributed by atoms with Crippen molar-refractivity contribution in [3.63, 3.8) is 0 Å². The summed E-state index contributed by atoms with van der Waals surface area (Å²) in [6, 6.07) is 10.5. The summed E-state index contributed by atoms with van der Waals surface area (Å²) in [4.78, 5) is 10.3. The molecule has 0 fully saturated rings. The van der Waals surface area contributed by atoms with Crippen molar-refractivity contribution in [3.8, 4) is 5.75 Å². The molecule has 0 N–H and O–H groups in total. The van der Waals surface area contributed by atoms with Crippen LogP contribution in [0.3, 0.4) is 0 Å². The van der Waals surface area contributed by atoms with Crippen molar-refractivity contribution in [3.05, 3.63) is 65.2 Å². The summed E-state index contributed by atoms with van der Waals surface area (Å²) in [5.41, 5.74) is 0.763. The van der Waals surface area contributed by atoms with Crippen molar-refractivity contribution in [2.45, 2.75) is 13.0 Å². The molecule has 2 nitrogen and oxygen atoms in total. The molecule has 0 aliphatic carbocycles. The topological polar surface area (TPSA) is 26.3 Å². The van der Waals surface area contributed by atoms with Crippen LogP contribution in [0.1, 0.15) is 11.1 Å². The molecule has 0 unspecified atom stereocenters. The van der Waals surface area contributed by atoms with Gasteiger partial charge in [-0.2, -0.15) is 0 Å². The van der Waals surface area contributed by atoms with E-state index in [9.17, 15) is 13.6 Å². The number of aldehydes is 1. The minimum atomic E-state index is -0.627. The van der Waals surface area contributed by atoms with Gasteiger partial charge in [0.25, 0.3) is 0 Å². The third-order valence-electron chi connectivity index (χ3n) is 2.69. The van der Waals surface area contributed by atoms with E-state index in [2.05, 4.69) is 0 Å². The van der Waals surface area contributed by atoms with Crippen molar-refractivity contribution in [2.75, 3.05) is 0 Å². The van der Waals surface area contributed by atoms with Crippen LogP contribution in [0.15, 0.2) is 42.5 Å². The van der Waals surface area contributed by atoms with Gasteiger partial charge in [0.15, 0.2) is 0 Å². The van der Waals surface area contributed by atoms with Crippen molar-refractivity contribution < 1.29 is 18.3 Å². The van der Waals surface area contributed by atoms with Crippen molar-refractivity contribution in [1.29, 1.82) is 0 Å². The molecule has 19 heavy (non-hydrogen) atoms. The van der Waals surface area contributed by atoms with E-state index < -0.39 is 11.6 Å². The number of rotatable bonds is 5. The van der Waals surface area contributed by atoms with Crippen LogP contribution >= 0.6 is 0 Å². The standard InChI is InChI=1S/C15H12F2O2/c16-14-2-1-3-15(17)13(14)10-19-12-6-4-11(5-7-12)8-9-18/h1-7,9H,8,10H2. The van der Waals surface area contributed by atoms with Gasteiger partial charge in [-0.3, -0.25) is 0 Å². The fourth-order valence-corrected chi connectivity index (χ4v) is 1.64. The quantitative estimate of drug-likeness (QED) is 0.773. The molecule has 2 aromatic rings. The number of hydrogen-bond donors (Lipinski definition) is 0. The van der Waals surface area contributed by atoms with Gasteiger partial charge < -0.3 is 9.53 Å². The number of carbonyl (C=O) groups is 1. The largest absolute Gasteiger partial charge is 0.489 e. The van der Waals surface area contributed by atoms with Gasteiger partial charge in [0.2, 0.25) is 0 Å². The van der Waals surface area contributed by atoms with Crippen LogP contribution in [0.5, 0.6) is 5.75 Å². The average Bonchev–Trinajstić information content (AvgIpc) is 2.40. The van der Waals surface area contributed by atoms with Crippen molar-refractivity contribution in [1.82, 2.24) is 0 Å². The summed E-state index contributed by atoms with van der Waals surface area (Å²) in [5, 5.41) is 0. The molecule has 0 saturated heterocycles. The molecule has 0 aromatic heterocycles. The molecule has 0 saturated carbocycles. The van der Waals surface area contributed by atoms with Crippen LogP contribution in [0.2, 0.25) is 0 Å². The molecule has 0 aliphatic heterocycles. The van der Waals surface area contributed by atoms with Gasteiger partial charge in [0.05, 0.1) is 5.56 Å². The summed E-state index contributed by atoms with van der Waals surface area (Å²) >= 11 is 0. The summed E-state index contributed by atoms with van der Waals surface area (Å²) in [7, 11) is 0. The predicted molar refractivity (Wildman–Crippen MR) is 66.9 cm³/mol. The fraction of sp³-hybridized carbons (Fsp3) is 0.133. The molecule has 0 heterocycles. The third-order valence-corrected chi connectivity index (χ3v) is 2.69. The zero-order valence-electron chi connectivity index (χ0n) is 10.1. The Morgan fingerprint density at radius 2 is 1.63 bits per heavy atom. The Morgan fingerprint density at radius 1 is 1.00 bits per heavy atom. The predicted octanol–water partition coefficient (Wildman–Crippen LogP) is 3.29. The molecule has 0 bridgehead atoms. The van der Waals surface area contributed by atoms with E-state index in [0.29, 0.717) is 12.2 Å². The van der Waals surface area contributed by atoms with E-state index >= 15 is 0 Å². The van der Waals surface area contributed by atoms with E-state index in [1.807, 2.05) is 0 Å². The van der Waals surface area contributed by atoms with E-state index in [0.717, 1.165) is 11.8 Å². The lowest BCUT2D eigenvalue weighted by molar-refractivity contribution is -0.107. The number of halogens is 2. The highest BCUT2D eigenvalue weighted by atomic mass is 19.1.